The molecule has 13 heteroatoms. The maximum atomic E-state index is 12.1. The Bertz CT molecular complexity index is 1560. The molecular formula is C27H31N9O4. The van der Waals surface area contributed by atoms with Crippen molar-refractivity contribution in [3.63, 3.8) is 0 Å². The fourth-order valence-corrected chi connectivity index (χ4v) is 5.18. The molecule has 0 aromatic carbocycles. The van der Waals surface area contributed by atoms with Crippen LogP contribution in [-0.2, 0) is 15.1 Å². The van der Waals surface area contributed by atoms with E-state index < -0.39 is 6.09 Å². The minimum atomic E-state index is -0.461. The SMILES string of the molecule is CC(C)(C)n1nc(-c2noc(C3CC3)c2-c2ncc(C3CCN(C(=O)OCC=O)CC3)cn2)c2c(N)ncnc21. The Morgan fingerprint density at radius 3 is 2.45 bits per heavy atom. The molecule has 40 heavy (non-hydrogen) atoms. The van der Waals surface area contributed by atoms with E-state index in [1.807, 2.05) is 37.8 Å². The van der Waals surface area contributed by atoms with Crippen LogP contribution in [0.1, 0.15) is 69.6 Å². The molecule has 0 spiro atoms. The third-order valence-electron chi connectivity index (χ3n) is 7.42. The van der Waals surface area contributed by atoms with Gasteiger partial charge in [-0.25, -0.2) is 29.4 Å². The Morgan fingerprint density at radius 2 is 1.80 bits per heavy atom. The van der Waals surface area contributed by atoms with Crippen LogP contribution < -0.4 is 5.73 Å². The molecule has 1 amide bonds. The lowest BCUT2D eigenvalue weighted by Crippen LogP contribution is -2.38. The normalized spacial score (nSPS) is 16.4. The molecule has 4 aromatic rings. The molecule has 2 N–H and O–H groups in total. The highest BCUT2D eigenvalue weighted by molar-refractivity contribution is 6.00. The maximum absolute atomic E-state index is 12.1. The Kier molecular flexibility index (Phi) is 6.43. The highest BCUT2D eigenvalue weighted by Gasteiger charge is 2.36. The van der Waals surface area contributed by atoms with Crippen LogP contribution in [0, 0.1) is 0 Å². The molecule has 13 nitrogen and oxygen atoms in total. The van der Waals surface area contributed by atoms with E-state index in [1.54, 1.807) is 4.90 Å². The number of aldehydes is 1. The predicted molar refractivity (Wildman–Crippen MR) is 144 cm³/mol. The molecule has 1 aliphatic heterocycles. The first-order chi connectivity index (χ1) is 19.3. The number of nitrogens with zero attached hydrogens (tertiary/aromatic N) is 8. The van der Waals surface area contributed by atoms with Crippen LogP contribution >= 0.6 is 0 Å². The summed E-state index contributed by atoms with van der Waals surface area (Å²) in [4.78, 5) is 42.4. The van der Waals surface area contributed by atoms with Crippen LogP contribution in [0.25, 0.3) is 33.8 Å². The molecule has 0 atom stereocenters. The topological polar surface area (TPSA) is 168 Å². The van der Waals surface area contributed by atoms with Crippen molar-refractivity contribution in [1.29, 1.82) is 0 Å². The van der Waals surface area contributed by atoms with E-state index >= 15 is 0 Å². The fourth-order valence-electron chi connectivity index (χ4n) is 5.18. The zero-order chi connectivity index (χ0) is 28.0. The van der Waals surface area contributed by atoms with Gasteiger partial charge in [0.15, 0.2) is 23.5 Å². The summed E-state index contributed by atoms with van der Waals surface area (Å²) in [6.07, 6.45) is 8.74. The molecule has 1 saturated carbocycles. The van der Waals surface area contributed by atoms with E-state index in [-0.39, 0.29) is 24.0 Å². The van der Waals surface area contributed by atoms with E-state index in [2.05, 4.69) is 15.1 Å². The molecule has 2 aliphatic rings. The first kappa shape index (κ1) is 25.8. The van der Waals surface area contributed by atoms with Crippen molar-refractivity contribution in [2.24, 2.45) is 0 Å². The number of amides is 1. The van der Waals surface area contributed by atoms with Gasteiger partial charge in [-0.3, -0.25) is 4.79 Å². The summed E-state index contributed by atoms with van der Waals surface area (Å²) in [6.45, 7) is 6.98. The number of ether oxygens (including phenoxy) is 1. The van der Waals surface area contributed by atoms with E-state index in [9.17, 15) is 9.59 Å². The van der Waals surface area contributed by atoms with Crippen molar-refractivity contribution < 1.29 is 18.8 Å². The standard InChI is InChI=1S/C27H31N9O4/c1-27(2,3)36-25-19(23(28)31-14-32-25)20(33-36)21-18(22(40-34-21)16-4-5-16)24-29-12-17(13-30-24)15-6-8-35(9-7-15)26(38)39-11-10-37/h10,12-16H,4-9,11H2,1-3H3,(H2,28,31,32). The zero-order valence-electron chi connectivity index (χ0n) is 22.7. The van der Waals surface area contributed by atoms with Crippen LogP contribution in [0.3, 0.4) is 0 Å². The molecule has 2 fully saturated rings. The average Bonchev–Trinajstić information content (AvgIpc) is 3.57. The van der Waals surface area contributed by atoms with Crippen LogP contribution in [0.4, 0.5) is 10.6 Å². The Balaban J connectivity index is 1.33. The highest BCUT2D eigenvalue weighted by Crippen LogP contribution is 2.48. The molecule has 0 unspecified atom stereocenters. The number of likely N-dealkylation sites (tertiary alicyclic amines) is 1. The summed E-state index contributed by atoms with van der Waals surface area (Å²) in [5, 5.41) is 9.97. The molecular weight excluding hydrogens is 514 g/mol. The van der Waals surface area contributed by atoms with Gasteiger partial charge in [-0.1, -0.05) is 5.16 Å². The van der Waals surface area contributed by atoms with Crippen LogP contribution in [-0.4, -0.2) is 71.8 Å². The van der Waals surface area contributed by atoms with Crippen molar-refractivity contribution in [2.75, 3.05) is 25.4 Å². The third kappa shape index (κ3) is 4.65. The first-order valence-corrected chi connectivity index (χ1v) is 13.4. The van der Waals surface area contributed by atoms with E-state index in [0.717, 1.165) is 37.0 Å². The van der Waals surface area contributed by atoms with Gasteiger partial charge in [0.05, 0.1) is 16.5 Å². The highest BCUT2D eigenvalue weighted by atomic mass is 16.6. The zero-order valence-corrected chi connectivity index (χ0v) is 22.7. The Morgan fingerprint density at radius 1 is 1.07 bits per heavy atom. The van der Waals surface area contributed by atoms with Crippen LogP contribution in [0.5, 0.6) is 0 Å². The number of nitrogens with two attached hydrogens (primary N) is 1. The van der Waals surface area contributed by atoms with Crippen molar-refractivity contribution >= 4 is 29.2 Å². The lowest BCUT2D eigenvalue weighted by molar-refractivity contribution is -0.110. The number of carbonyl (C=O) groups excluding carboxylic acids is 2. The predicted octanol–water partition coefficient (Wildman–Crippen LogP) is 3.67. The lowest BCUT2D eigenvalue weighted by atomic mass is 9.91. The second-order valence-corrected chi connectivity index (χ2v) is 11.3. The van der Waals surface area contributed by atoms with Gasteiger partial charge in [0.2, 0.25) is 0 Å². The Labute approximate surface area is 230 Å². The fraction of sp³-hybridized carbons (Fsp3) is 0.481. The lowest BCUT2D eigenvalue weighted by Gasteiger charge is -2.31. The van der Waals surface area contributed by atoms with Crippen LogP contribution in [0.2, 0.25) is 0 Å². The monoisotopic (exact) mass is 545 g/mol. The quantitative estimate of drug-likeness (QED) is 0.351. The number of rotatable bonds is 6. The molecule has 6 rings (SSSR count). The summed E-state index contributed by atoms with van der Waals surface area (Å²) in [5.41, 5.74) is 9.36. The Hall–Kier alpha value is -4.42. The minimum absolute atomic E-state index is 0.206. The van der Waals surface area contributed by atoms with Gasteiger partial charge >= 0.3 is 6.09 Å². The third-order valence-corrected chi connectivity index (χ3v) is 7.42. The van der Waals surface area contributed by atoms with Gasteiger partial charge in [-0.05, 0) is 57.9 Å². The molecule has 1 saturated heterocycles. The number of nitrogen functional groups attached to an aromatic ring is 1. The summed E-state index contributed by atoms with van der Waals surface area (Å²) in [6, 6.07) is 0. The number of hydrogen-bond donors (Lipinski definition) is 1. The molecule has 0 bridgehead atoms. The molecule has 5 heterocycles. The average molecular weight is 546 g/mol. The number of piperidine rings is 1. The summed E-state index contributed by atoms with van der Waals surface area (Å²) in [7, 11) is 0. The first-order valence-electron chi connectivity index (χ1n) is 13.4. The van der Waals surface area contributed by atoms with Crippen LogP contribution in [0.15, 0.2) is 23.2 Å². The summed E-state index contributed by atoms with van der Waals surface area (Å²) in [5.74, 6) is 2.03. The minimum Gasteiger partial charge on any atom is -0.442 e. The van der Waals surface area contributed by atoms with Gasteiger partial charge in [0.1, 0.15) is 30.1 Å². The second kappa shape index (κ2) is 9.96. The number of fused-ring (bicyclic) bond motifs is 1. The van der Waals surface area contributed by atoms with Gasteiger partial charge in [-0.15, -0.1) is 0 Å². The van der Waals surface area contributed by atoms with Gasteiger partial charge in [-0.2, -0.15) is 5.10 Å². The van der Waals surface area contributed by atoms with Gasteiger partial charge < -0.3 is 19.9 Å². The van der Waals surface area contributed by atoms with Gasteiger partial charge in [0.25, 0.3) is 0 Å². The van der Waals surface area contributed by atoms with E-state index in [0.29, 0.717) is 59.0 Å². The number of aromatic nitrogens is 7. The largest absolute Gasteiger partial charge is 0.442 e. The van der Waals surface area contributed by atoms with Gasteiger partial charge in [0, 0.05) is 31.4 Å². The smallest absolute Gasteiger partial charge is 0.410 e. The number of hydrogen-bond acceptors (Lipinski definition) is 11. The second-order valence-electron chi connectivity index (χ2n) is 11.3. The summed E-state index contributed by atoms with van der Waals surface area (Å²) < 4.78 is 12.6. The maximum Gasteiger partial charge on any atom is 0.410 e. The number of carbonyl (C=O) groups is 2. The molecule has 4 aromatic heterocycles. The van der Waals surface area contributed by atoms with Crippen molar-refractivity contribution in [3.05, 3.63) is 30.0 Å². The molecule has 1 aliphatic carbocycles. The molecule has 208 valence electrons. The number of anilines is 1. The van der Waals surface area contributed by atoms with Crippen molar-refractivity contribution in [2.45, 2.75) is 63.8 Å². The van der Waals surface area contributed by atoms with E-state index in [4.69, 9.17) is 30.1 Å². The molecule has 0 radical (unpaired) electrons. The van der Waals surface area contributed by atoms with E-state index in [1.165, 1.54) is 6.33 Å². The summed E-state index contributed by atoms with van der Waals surface area (Å²) >= 11 is 0. The van der Waals surface area contributed by atoms with Crippen molar-refractivity contribution in [3.8, 4) is 22.8 Å². The van der Waals surface area contributed by atoms with Crippen molar-refractivity contribution in [1.82, 2.24) is 39.8 Å².